The van der Waals surface area contributed by atoms with Crippen molar-refractivity contribution in [2.24, 2.45) is 11.8 Å². The van der Waals surface area contributed by atoms with Crippen LogP contribution in [0.15, 0.2) is 24.3 Å². The van der Waals surface area contributed by atoms with Gasteiger partial charge in [0.1, 0.15) is 5.82 Å². The van der Waals surface area contributed by atoms with E-state index in [1.165, 1.54) is 6.07 Å². The Hall–Kier alpha value is -0.930. The van der Waals surface area contributed by atoms with E-state index >= 15 is 0 Å². The number of hydrogen-bond acceptors (Lipinski definition) is 2. The molecule has 0 spiro atoms. The van der Waals surface area contributed by atoms with Crippen molar-refractivity contribution in [3.05, 3.63) is 35.6 Å². The standard InChI is InChI=1S/C15H20FNO/c16-14-4-2-1-3-13(14)15-12-6-5-11(18)9-10(12)7-8-17-15/h1-4,10-12,15,17-18H,5-9H2. The summed E-state index contributed by atoms with van der Waals surface area (Å²) in [6.07, 6.45) is 3.70. The summed E-state index contributed by atoms with van der Waals surface area (Å²) in [5.41, 5.74) is 0.795. The Bertz CT molecular complexity index is 423. The lowest BCUT2D eigenvalue weighted by molar-refractivity contribution is 0.0349. The van der Waals surface area contributed by atoms with Crippen molar-refractivity contribution >= 4 is 0 Å². The SMILES string of the molecule is OC1CCC2C(CCNC2c2ccccc2F)C1. The van der Waals surface area contributed by atoms with E-state index < -0.39 is 0 Å². The van der Waals surface area contributed by atoms with Gasteiger partial charge < -0.3 is 10.4 Å². The largest absolute Gasteiger partial charge is 0.393 e. The summed E-state index contributed by atoms with van der Waals surface area (Å²) in [5.74, 6) is 0.903. The number of hydrogen-bond donors (Lipinski definition) is 2. The van der Waals surface area contributed by atoms with Crippen LogP contribution in [0.3, 0.4) is 0 Å². The quantitative estimate of drug-likeness (QED) is 0.802. The van der Waals surface area contributed by atoms with Crippen LogP contribution < -0.4 is 5.32 Å². The lowest BCUT2D eigenvalue weighted by Crippen LogP contribution is -2.44. The van der Waals surface area contributed by atoms with Gasteiger partial charge in [-0.3, -0.25) is 0 Å². The van der Waals surface area contributed by atoms with Gasteiger partial charge in [0, 0.05) is 11.6 Å². The summed E-state index contributed by atoms with van der Waals surface area (Å²) in [6, 6.07) is 7.20. The molecule has 3 rings (SSSR count). The van der Waals surface area contributed by atoms with E-state index in [0.717, 1.165) is 37.8 Å². The van der Waals surface area contributed by atoms with Gasteiger partial charge in [-0.2, -0.15) is 0 Å². The van der Waals surface area contributed by atoms with E-state index in [2.05, 4.69) is 5.32 Å². The first-order valence-corrected chi connectivity index (χ1v) is 6.91. The highest BCUT2D eigenvalue weighted by atomic mass is 19.1. The number of aliphatic hydroxyl groups is 1. The van der Waals surface area contributed by atoms with Crippen LogP contribution in [0.2, 0.25) is 0 Å². The van der Waals surface area contributed by atoms with Crippen molar-refractivity contribution < 1.29 is 9.50 Å². The van der Waals surface area contributed by atoms with Crippen molar-refractivity contribution in [1.82, 2.24) is 5.32 Å². The monoisotopic (exact) mass is 249 g/mol. The van der Waals surface area contributed by atoms with Gasteiger partial charge in [0.25, 0.3) is 0 Å². The number of fused-ring (bicyclic) bond motifs is 1. The van der Waals surface area contributed by atoms with Crippen LogP contribution in [-0.2, 0) is 0 Å². The minimum absolute atomic E-state index is 0.109. The fraction of sp³-hybridized carbons (Fsp3) is 0.600. The lowest BCUT2D eigenvalue weighted by Gasteiger charge is -2.43. The first-order valence-electron chi connectivity index (χ1n) is 6.91. The zero-order valence-electron chi connectivity index (χ0n) is 10.5. The molecular formula is C15H20FNO. The molecular weight excluding hydrogens is 229 g/mol. The predicted octanol–water partition coefficient (Wildman–Crippen LogP) is 2.64. The number of halogens is 1. The summed E-state index contributed by atoms with van der Waals surface area (Å²) in [6.45, 7) is 0.923. The molecule has 3 heteroatoms. The molecule has 2 N–H and O–H groups in total. The summed E-state index contributed by atoms with van der Waals surface area (Å²) in [5, 5.41) is 13.2. The highest BCUT2D eigenvalue weighted by molar-refractivity contribution is 5.23. The van der Waals surface area contributed by atoms with Crippen molar-refractivity contribution in [1.29, 1.82) is 0 Å². The highest BCUT2D eigenvalue weighted by Crippen LogP contribution is 2.43. The molecule has 4 atom stereocenters. The van der Waals surface area contributed by atoms with E-state index in [0.29, 0.717) is 11.8 Å². The third-order valence-corrected chi connectivity index (χ3v) is 4.56. The van der Waals surface area contributed by atoms with E-state index in [4.69, 9.17) is 0 Å². The van der Waals surface area contributed by atoms with Crippen LogP contribution >= 0.6 is 0 Å². The Kier molecular flexibility index (Phi) is 3.35. The van der Waals surface area contributed by atoms with Crippen LogP contribution in [-0.4, -0.2) is 17.8 Å². The molecule has 1 aliphatic carbocycles. The maximum atomic E-state index is 13.9. The Morgan fingerprint density at radius 3 is 2.83 bits per heavy atom. The normalized spacial score (nSPS) is 36.1. The highest BCUT2D eigenvalue weighted by Gasteiger charge is 2.38. The number of piperidine rings is 1. The fourth-order valence-corrected chi connectivity index (χ4v) is 3.68. The number of rotatable bonds is 1. The second-order valence-electron chi connectivity index (χ2n) is 5.63. The van der Waals surface area contributed by atoms with Gasteiger partial charge in [-0.1, -0.05) is 18.2 Å². The minimum Gasteiger partial charge on any atom is -0.393 e. The van der Waals surface area contributed by atoms with Crippen molar-refractivity contribution in [2.75, 3.05) is 6.54 Å². The molecule has 1 saturated heterocycles. The molecule has 0 aromatic heterocycles. The molecule has 18 heavy (non-hydrogen) atoms. The second-order valence-corrected chi connectivity index (χ2v) is 5.63. The Balaban J connectivity index is 1.86. The Labute approximate surface area is 107 Å². The lowest BCUT2D eigenvalue weighted by atomic mass is 9.69. The molecule has 0 amide bonds. The molecule has 2 fully saturated rings. The van der Waals surface area contributed by atoms with Crippen LogP contribution in [0, 0.1) is 17.7 Å². The number of nitrogens with one attached hydrogen (secondary N) is 1. The summed E-state index contributed by atoms with van der Waals surface area (Å²) >= 11 is 0. The second kappa shape index (κ2) is 4.98. The first-order chi connectivity index (χ1) is 8.75. The van der Waals surface area contributed by atoms with Gasteiger partial charge in [-0.05, 0) is 50.1 Å². The third kappa shape index (κ3) is 2.17. The van der Waals surface area contributed by atoms with Crippen LogP contribution in [0.5, 0.6) is 0 Å². The zero-order chi connectivity index (χ0) is 12.5. The van der Waals surface area contributed by atoms with Crippen LogP contribution in [0.4, 0.5) is 4.39 Å². The van der Waals surface area contributed by atoms with Crippen LogP contribution in [0.25, 0.3) is 0 Å². The fourth-order valence-electron chi connectivity index (χ4n) is 3.68. The Morgan fingerprint density at radius 2 is 2.00 bits per heavy atom. The molecule has 1 aromatic rings. The molecule has 98 valence electrons. The van der Waals surface area contributed by atoms with Crippen LogP contribution in [0.1, 0.15) is 37.3 Å². The molecule has 1 saturated carbocycles. The minimum atomic E-state index is -0.148. The molecule has 2 aliphatic rings. The number of benzene rings is 1. The predicted molar refractivity (Wildman–Crippen MR) is 68.6 cm³/mol. The topological polar surface area (TPSA) is 32.3 Å². The van der Waals surface area contributed by atoms with Gasteiger partial charge in [-0.25, -0.2) is 4.39 Å². The van der Waals surface area contributed by atoms with E-state index in [1.807, 2.05) is 12.1 Å². The zero-order valence-corrected chi connectivity index (χ0v) is 10.5. The van der Waals surface area contributed by atoms with Crippen molar-refractivity contribution in [3.63, 3.8) is 0 Å². The number of aliphatic hydroxyl groups excluding tert-OH is 1. The summed E-state index contributed by atoms with van der Waals surface area (Å²) < 4.78 is 13.9. The maximum Gasteiger partial charge on any atom is 0.127 e. The Morgan fingerprint density at radius 1 is 1.17 bits per heavy atom. The van der Waals surface area contributed by atoms with E-state index in [-0.39, 0.29) is 18.0 Å². The van der Waals surface area contributed by atoms with Gasteiger partial charge >= 0.3 is 0 Å². The first kappa shape index (κ1) is 12.1. The molecule has 2 nitrogen and oxygen atoms in total. The smallest absolute Gasteiger partial charge is 0.127 e. The van der Waals surface area contributed by atoms with Gasteiger partial charge in [0.05, 0.1) is 6.10 Å². The van der Waals surface area contributed by atoms with Crippen molar-refractivity contribution in [3.8, 4) is 0 Å². The molecule has 1 heterocycles. The third-order valence-electron chi connectivity index (χ3n) is 4.56. The van der Waals surface area contributed by atoms with Gasteiger partial charge in [0.2, 0.25) is 0 Å². The average molecular weight is 249 g/mol. The van der Waals surface area contributed by atoms with Crippen molar-refractivity contribution in [2.45, 2.75) is 37.8 Å². The summed E-state index contributed by atoms with van der Waals surface area (Å²) in [7, 11) is 0. The van der Waals surface area contributed by atoms with Gasteiger partial charge in [0.15, 0.2) is 0 Å². The molecule has 0 radical (unpaired) electrons. The summed E-state index contributed by atoms with van der Waals surface area (Å²) in [4.78, 5) is 0. The average Bonchev–Trinajstić information content (AvgIpc) is 2.38. The molecule has 1 aliphatic heterocycles. The molecule has 0 bridgehead atoms. The van der Waals surface area contributed by atoms with Gasteiger partial charge in [-0.15, -0.1) is 0 Å². The molecule has 1 aromatic carbocycles. The maximum absolute atomic E-state index is 13.9. The van der Waals surface area contributed by atoms with E-state index in [1.54, 1.807) is 6.07 Å². The molecule has 4 unspecified atom stereocenters. The van der Waals surface area contributed by atoms with E-state index in [9.17, 15) is 9.50 Å².